The van der Waals surface area contributed by atoms with Crippen LogP contribution in [0.2, 0.25) is 0 Å². The second-order valence-corrected chi connectivity index (χ2v) is 11.6. The Labute approximate surface area is 229 Å². The Kier molecular flexibility index (Phi) is 6.82. The van der Waals surface area contributed by atoms with Crippen LogP contribution in [0.5, 0.6) is 5.88 Å². The highest BCUT2D eigenvalue weighted by Gasteiger charge is 2.32. The molecule has 1 amide bonds. The number of nitrogens with zero attached hydrogens (tertiary/aromatic N) is 5. The number of pyridine rings is 1. The van der Waals surface area contributed by atoms with Gasteiger partial charge in [-0.2, -0.15) is 5.10 Å². The Morgan fingerprint density at radius 1 is 1.15 bits per heavy atom. The van der Waals surface area contributed by atoms with Crippen molar-refractivity contribution >= 4 is 28.2 Å². The molecular weight excluding hydrogens is 519 g/mol. The minimum absolute atomic E-state index is 0.103. The normalized spacial score (nSPS) is 16.3. The third-order valence-corrected chi connectivity index (χ3v) is 8.70. The number of fused-ring (bicyclic) bond motifs is 1. The molecule has 0 atom stereocenters. The predicted molar refractivity (Wildman–Crippen MR) is 147 cm³/mol. The van der Waals surface area contributed by atoms with Crippen LogP contribution >= 0.6 is 11.3 Å². The quantitative estimate of drug-likeness (QED) is 0.337. The maximum Gasteiger partial charge on any atom is 0.411 e. The molecule has 1 saturated heterocycles. The van der Waals surface area contributed by atoms with Crippen LogP contribution in [0.25, 0.3) is 32.5 Å². The van der Waals surface area contributed by atoms with Gasteiger partial charge in [-0.15, -0.1) is 11.3 Å². The Morgan fingerprint density at radius 2 is 1.92 bits per heavy atom. The maximum absolute atomic E-state index is 16.4. The van der Waals surface area contributed by atoms with Gasteiger partial charge in [-0.3, -0.25) is 4.68 Å². The first kappa shape index (κ1) is 25.8. The highest BCUT2D eigenvalue weighted by atomic mass is 32.1. The molecular formula is C28H31FN6O3S. The minimum Gasteiger partial charge on any atom is -0.391 e. The summed E-state index contributed by atoms with van der Waals surface area (Å²) in [6.45, 7) is 2.16. The summed E-state index contributed by atoms with van der Waals surface area (Å²) in [6.07, 6.45) is 6.23. The first-order chi connectivity index (χ1) is 18.8. The third-order valence-electron chi connectivity index (χ3n) is 7.41. The molecule has 2 fully saturated rings. The van der Waals surface area contributed by atoms with E-state index in [1.54, 1.807) is 29.8 Å². The number of halogens is 1. The fourth-order valence-electron chi connectivity index (χ4n) is 5.48. The number of ether oxygens (including phenoxy) is 2. The number of primary amides is 1. The van der Waals surface area contributed by atoms with E-state index in [9.17, 15) is 4.79 Å². The van der Waals surface area contributed by atoms with Gasteiger partial charge in [0.15, 0.2) is 0 Å². The van der Waals surface area contributed by atoms with Gasteiger partial charge in [0.25, 0.3) is 0 Å². The number of hydrogen-bond acceptors (Lipinski definition) is 8. The van der Waals surface area contributed by atoms with Gasteiger partial charge in [0.1, 0.15) is 10.8 Å². The molecule has 9 nitrogen and oxygen atoms in total. The van der Waals surface area contributed by atoms with Crippen LogP contribution in [0.3, 0.4) is 0 Å². The number of rotatable bonds is 7. The van der Waals surface area contributed by atoms with Gasteiger partial charge in [-0.05, 0) is 45.7 Å². The average Bonchev–Trinajstić information content (AvgIpc) is 3.55. The van der Waals surface area contributed by atoms with Gasteiger partial charge in [0.2, 0.25) is 5.88 Å². The van der Waals surface area contributed by atoms with E-state index in [1.807, 2.05) is 31.9 Å². The molecule has 39 heavy (non-hydrogen) atoms. The molecule has 0 bridgehead atoms. The smallest absolute Gasteiger partial charge is 0.391 e. The number of carbonyl (C=O) groups excluding carboxylic acids is 1. The largest absolute Gasteiger partial charge is 0.411 e. The van der Waals surface area contributed by atoms with Crippen LogP contribution < -0.4 is 10.5 Å². The Morgan fingerprint density at radius 3 is 2.62 bits per heavy atom. The monoisotopic (exact) mass is 550 g/mol. The van der Waals surface area contributed by atoms with E-state index in [0.29, 0.717) is 34.9 Å². The lowest BCUT2D eigenvalue weighted by atomic mass is 9.97. The first-order valence-corrected chi connectivity index (χ1v) is 14.0. The average molecular weight is 551 g/mol. The molecule has 2 N–H and O–H groups in total. The number of thiazole rings is 1. The highest BCUT2D eigenvalue weighted by Crippen LogP contribution is 2.47. The molecule has 4 aromatic rings. The molecule has 0 unspecified atom stereocenters. The fourth-order valence-corrected chi connectivity index (χ4v) is 6.75. The zero-order chi connectivity index (χ0) is 27.3. The van der Waals surface area contributed by atoms with E-state index >= 15 is 4.39 Å². The topological polar surface area (TPSA) is 108 Å². The summed E-state index contributed by atoms with van der Waals surface area (Å²) in [5, 5.41) is 5.81. The van der Waals surface area contributed by atoms with E-state index in [1.165, 1.54) is 4.88 Å². The molecule has 1 saturated carbocycles. The van der Waals surface area contributed by atoms with Gasteiger partial charge in [0.05, 0.1) is 17.3 Å². The van der Waals surface area contributed by atoms with Crippen molar-refractivity contribution in [2.75, 3.05) is 27.3 Å². The number of hydrogen-bond donors (Lipinski definition) is 1. The number of aryl methyl sites for hydroxylation is 1. The van der Waals surface area contributed by atoms with Gasteiger partial charge in [-0.1, -0.05) is 12.1 Å². The van der Waals surface area contributed by atoms with Crippen molar-refractivity contribution in [3.63, 3.8) is 0 Å². The lowest BCUT2D eigenvalue weighted by Crippen LogP contribution is -2.17. The van der Waals surface area contributed by atoms with Crippen LogP contribution in [0.15, 0.2) is 24.5 Å². The molecule has 0 radical (unpaired) electrons. The van der Waals surface area contributed by atoms with Crippen molar-refractivity contribution in [1.29, 1.82) is 0 Å². The molecule has 0 spiro atoms. The van der Waals surface area contributed by atoms with Crippen molar-refractivity contribution in [3.05, 3.63) is 46.6 Å². The SMILES string of the molecule is CN(C)Cc1nc(-c2cnc(OC(N)=O)c3c(F)c(-c4cnn(C)c4C4CC4)ccc23)sc1C1CCOCC1. The van der Waals surface area contributed by atoms with Crippen LogP contribution in [0.4, 0.5) is 9.18 Å². The number of amides is 1. The van der Waals surface area contributed by atoms with Crippen molar-refractivity contribution in [2.24, 2.45) is 12.8 Å². The van der Waals surface area contributed by atoms with Crippen molar-refractivity contribution < 1.29 is 18.7 Å². The minimum atomic E-state index is -1.05. The Hall–Kier alpha value is -3.41. The summed E-state index contributed by atoms with van der Waals surface area (Å²) >= 11 is 1.62. The van der Waals surface area contributed by atoms with E-state index in [2.05, 4.69) is 15.0 Å². The molecule has 4 heterocycles. The number of carbonyl (C=O) groups is 1. The highest BCUT2D eigenvalue weighted by molar-refractivity contribution is 7.15. The number of benzene rings is 1. The zero-order valence-electron chi connectivity index (χ0n) is 22.2. The van der Waals surface area contributed by atoms with Gasteiger partial charge in [0, 0.05) is 71.6 Å². The lowest BCUT2D eigenvalue weighted by molar-refractivity contribution is 0.0857. The molecule has 6 rings (SSSR count). The van der Waals surface area contributed by atoms with Gasteiger partial charge >= 0.3 is 6.09 Å². The van der Waals surface area contributed by atoms with Crippen molar-refractivity contribution in [3.8, 4) is 27.6 Å². The molecule has 1 aromatic carbocycles. The molecule has 1 aliphatic heterocycles. The molecule has 11 heteroatoms. The predicted octanol–water partition coefficient (Wildman–Crippen LogP) is 5.19. The fraction of sp³-hybridized carbons (Fsp3) is 0.429. The summed E-state index contributed by atoms with van der Waals surface area (Å²) in [5.74, 6) is 0.0451. The standard InChI is InChI=1S/C28H31FN6O3S/c1-34(2)14-21-25(16-8-10-37-11-9-16)39-27(33-21)20-12-31-26(38-28(30)36)22-17(20)6-7-18(23(22)29)19-13-32-35(3)24(19)15-4-5-15/h6-7,12-13,15-16H,4-5,8-11,14H2,1-3H3,(H2,30,36). The summed E-state index contributed by atoms with van der Waals surface area (Å²) < 4.78 is 29.0. The van der Waals surface area contributed by atoms with E-state index in [0.717, 1.165) is 60.9 Å². The maximum atomic E-state index is 16.4. The lowest BCUT2D eigenvalue weighted by Gasteiger charge is -2.22. The van der Waals surface area contributed by atoms with Gasteiger partial charge < -0.3 is 20.1 Å². The summed E-state index contributed by atoms with van der Waals surface area (Å²) in [5.41, 5.74) is 9.16. The third kappa shape index (κ3) is 4.90. The van der Waals surface area contributed by atoms with E-state index in [-0.39, 0.29) is 11.3 Å². The number of aromatic nitrogens is 4. The molecule has 1 aliphatic carbocycles. The van der Waals surface area contributed by atoms with Crippen molar-refractivity contribution in [1.82, 2.24) is 24.6 Å². The van der Waals surface area contributed by atoms with Crippen LogP contribution in [0, 0.1) is 5.82 Å². The Bertz CT molecular complexity index is 1550. The second-order valence-electron chi connectivity index (χ2n) is 10.5. The number of nitrogens with two attached hydrogens (primary N) is 1. The van der Waals surface area contributed by atoms with Gasteiger partial charge in [-0.25, -0.2) is 19.2 Å². The van der Waals surface area contributed by atoms with Crippen LogP contribution in [0.1, 0.15) is 53.8 Å². The summed E-state index contributed by atoms with van der Waals surface area (Å²) in [4.78, 5) is 24.4. The summed E-state index contributed by atoms with van der Waals surface area (Å²) in [7, 11) is 5.91. The molecule has 3 aromatic heterocycles. The molecule has 2 aliphatic rings. The Balaban J connectivity index is 1.52. The van der Waals surface area contributed by atoms with Crippen molar-refractivity contribution in [2.45, 2.75) is 44.1 Å². The molecule has 204 valence electrons. The first-order valence-electron chi connectivity index (χ1n) is 13.1. The van der Waals surface area contributed by atoms with E-state index in [4.69, 9.17) is 20.2 Å². The van der Waals surface area contributed by atoms with E-state index < -0.39 is 11.9 Å². The van der Waals surface area contributed by atoms with Crippen LogP contribution in [-0.4, -0.2) is 58.1 Å². The van der Waals surface area contributed by atoms with Crippen LogP contribution in [-0.2, 0) is 18.3 Å². The second kappa shape index (κ2) is 10.3. The summed E-state index contributed by atoms with van der Waals surface area (Å²) in [6, 6.07) is 3.62. The zero-order valence-corrected chi connectivity index (χ0v) is 23.1.